The first-order valence-electron chi connectivity index (χ1n) is 6.83. The van der Waals surface area contributed by atoms with Crippen LogP contribution in [0.15, 0.2) is 12.1 Å². The van der Waals surface area contributed by atoms with E-state index in [-0.39, 0.29) is 12.1 Å². The molecule has 1 N–H and O–H groups in total. The zero-order valence-electron chi connectivity index (χ0n) is 11.4. The Morgan fingerprint density at radius 2 is 1.90 bits per heavy atom. The second kappa shape index (κ2) is 6.26. The van der Waals surface area contributed by atoms with Crippen molar-refractivity contribution in [3.05, 3.63) is 39.4 Å². The van der Waals surface area contributed by atoms with Crippen molar-refractivity contribution in [2.45, 2.75) is 45.2 Å². The van der Waals surface area contributed by atoms with Gasteiger partial charge in [-0.15, -0.1) is 0 Å². The lowest BCUT2D eigenvalue weighted by molar-refractivity contribution is -0.387. The predicted molar refractivity (Wildman–Crippen MR) is 71.3 cm³/mol. The van der Waals surface area contributed by atoms with Crippen molar-refractivity contribution >= 4 is 5.69 Å². The van der Waals surface area contributed by atoms with E-state index in [9.17, 15) is 18.9 Å². The monoisotopic (exact) mass is 284 g/mol. The summed E-state index contributed by atoms with van der Waals surface area (Å²) in [6.07, 6.45) is 4.30. The van der Waals surface area contributed by atoms with E-state index in [1.807, 2.05) is 0 Å². The smallest absolute Gasteiger partial charge is 0.305 e. The molecule has 110 valence electrons. The van der Waals surface area contributed by atoms with Crippen LogP contribution in [0.4, 0.5) is 14.5 Å². The lowest BCUT2D eigenvalue weighted by Gasteiger charge is -2.27. The average Bonchev–Trinajstić information content (AvgIpc) is 2.39. The van der Waals surface area contributed by atoms with Crippen LogP contribution in [0.5, 0.6) is 0 Å². The van der Waals surface area contributed by atoms with Crippen LogP contribution in [0.25, 0.3) is 0 Å². The average molecular weight is 284 g/mol. The molecule has 1 aromatic rings. The van der Waals surface area contributed by atoms with Gasteiger partial charge in [0.1, 0.15) is 5.82 Å². The Balaban J connectivity index is 2.02. The summed E-state index contributed by atoms with van der Waals surface area (Å²) in [5, 5.41) is 13.8. The number of halogens is 2. The third-order valence-corrected chi connectivity index (χ3v) is 3.91. The fourth-order valence-corrected chi connectivity index (χ4v) is 2.57. The van der Waals surface area contributed by atoms with Crippen LogP contribution in [-0.2, 0) is 6.54 Å². The van der Waals surface area contributed by atoms with Gasteiger partial charge in [-0.25, -0.2) is 4.39 Å². The van der Waals surface area contributed by atoms with Crippen LogP contribution >= 0.6 is 0 Å². The minimum absolute atomic E-state index is 0.136. The first-order valence-corrected chi connectivity index (χ1v) is 6.83. The van der Waals surface area contributed by atoms with E-state index in [4.69, 9.17) is 0 Å². The Kier molecular flexibility index (Phi) is 4.65. The van der Waals surface area contributed by atoms with Crippen LogP contribution in [0.2, 0.25) is 0 Å². The van der Waals surface area contributed by atoms with Gasteiger partial charge < -0.3 is 5.32 Å². The second-order valence-corrected chi connectivity index (χ2v) is 5.49. The highest BCUT2D eigenvalue weighted by molar-refractivity contribution is 5.37. The predicted octanol–water partition coefficient (Wildman–Crippen LogP) is 3.54. The van der Waals surface area contributed by atoms with Gasteiger partial charge in [0.2, 0.25) is 5.82 Å². The summed E-state index contributed by atoms with van der Waals surface area (Å²) in [6.45, 7) is 2.39. The Morgan fingerprint density at radius 1 is 1.25 bits per heavy atom. The van der Waals surface area contributed by atoms with Crippen LogP contribution in [0.1, 0.15) is 38.2 Å². The zero-order valence-corrected chi connectivity index (χ0v) is 11.4. The fourth-order valence-electron chi connectivity index (χ4n) is 2.57. The lowest BCUT2D eigenvalue weighted by atomic mass is 9.87. The summed E-state index contributed by atoms with van der Waals surface area (Å²) in [5.74, 6) is -1.16. The van der Waals surface area contributed by atoms with Crippen molar-refractivity contribution in [2.75, 3.05) is 0 Å². The maximum atomic E-state index is 13.6. The number of hydrogen-bond donors (Lipinski definition) is 1. The van der Waals surface area contributed by atoms with E-state index in [2.05, 4.69) is 12.2 Å². The van der Waals surface area contributed by atoms with E-state index < -0.39 is 22.2 Å². The van der Waals surface area contributed by atoms with Crippen LogP contribution in [-0.4, -0.2) is 11.0 Å². The number of benzene rings is 1. The zero-order chi connectivity index (χ0) is 14.7. The normalized spacial score (nSPS) is 22.8. The summed E-state index contributed by atoms with van der Waals surface area (Å²) in [7, 11) is 0. The van der Waals surface area contributed by atoms with Crippen molar-refractivity contribution in [3.8, 4) is 0 Å². The van der Waals surface area contributed by atoms with Gasteiger partial charge in [-0.3, -0.25) is 10.1 Å². The number of nitro benzene ring substituents is 1. The molecular weight excluding hydrogens is 266 g/mol. The molecule has 1 aliphatic rings. The van der Waals surface area contributed by atoms with Gasteiger partial charge in [-0.1, -0.05) is 6.92 Å². The van der Waals surface area contributed by atoms with Crippen LogP contribution in [0.3, 0.4) is 0 Å². The molecule has 2 rings (SSSR count). The molecule has 6 heteroatoms. The van der Waals surface area contributed by atoms with Gasteiger partial charge in [0.25, 0.3) is 0 Å². The molecule has 0 unspecified atom stereocenters. The Morgan fingerprint density at radius 3 is 2.50 bits per heavy atom. The van der Waals surface area contributed by atoms with Gasteiger partial charge >= 0.3 is 5.69 Å². The molecule has 1 fully saturated rings. The molecule has 1 saturated carbocycles. The molecule has 4 nitrogen and oxygen atoms in total. The maximum Gasteiger partial charge on any atom is 0.305 e. The van der Waals surface area contributed by atoms with E-state index in [1.54, 1.807) is 0 Å². The van der Waals surface area contributed by atoms with Gasteiger partial charge in [-0.2, -0.15) is 4.39 Å². The first kappa shape index (κ1) is 14.8. The highest BCUT2D eigenvalue weighted by atomic mass is 19.1. The first-order chi connectivity index (χ1) is 9.47. The number of hydrogen-bond acceptors (Lipinski definition) is 3. The Hall–Kier alpha value is -1.56. The van der Waals surface area contributed by atoms with Crippen molar-refractivity contribution in [2.24, 2.45) is 5.92 Å². The maximum absolute atomic E-state index is 13.6. The standard InChI is InChI=1S/C14H18F2N2O2/c1-9-2-4-11(5-3-9)17-8-10-6-14(18(19)20)13(16)7-12(10)15/h6-7,9,11,17H,2-5,8H2,1H3. The highest BCUT2D eigenvalue weighted by Crippen LogP contribution is 2.25. The molecule has 0 amide bonds. The Bertz CT molecular complexity index is 500. The Labute approximate surface area is 116 Å². The molecular formula is C14H18F2N2O2. The highest BCUT2D eigenvalue weighted by Gasteiger charge is 2.21. The summed E-state index contributed by atoms with van der Waals surface area (Å²) >= 11 is 0. The molecule has 0 aliphatic heterocycles. The minimum Gasteiger partial charge on any atom is -0.310 e. The summed E-state index contributed by atoms with van der Waals surface area (Å²) < 4.78 is 26.8. The topological polar surface area (TPSA) is 55.2 Å². The van der Waals surface area contributed by atoms with E-state index in [1.165, 1.54) is 0 Å². The van der Waals surface area contributed by atoms with Crippen LogP contribution < -0.4 is 5.32 Å². The van der Waals surface area contributed by atoms with E-state index >= 15 is 0 Å². The van der Waals surface area contributed by atoms with E-state index in [0.717, 1.165) is 37.7 Å². The molecule has 0 radical (unpaired) electrons. The van der Waals surface area contributed by atoms with Crippen molar-refractivity contribution in [1.82, 2.24) is 5.32 Å². The van der Waals surface area contributed by atoms with Gasteiger partial charge in [0.05, 0.1) is 4.92 Å². The molecule has 0 heterocycles. The van der Waals surface area contributed by atoms with Crippen molar-refractivity contribution in [3.63, 3.8) is 0 Å². The van der Waals surface area contributed by atoms with Gasteiger partial charge in [-0.05, 0) is 31.6 Å². The molecule has 1 aromatic carbocycles. The lowest BCUT2D eigenvalue weighted by Crippen LogP contribution is -2.32. The fraction of sp³-hybridized carbons (Fsp3) is 0.571. The molecule has 0 atom stereocenters. The van der Waals surface area contributed by atoms with Gasteiger partial charge in [0, 0.05) is 30.3 Å². The SMILES string of the molecule is CC1CCC(NCc2cc([N+](=O)[O-])c(F)cc2F)CC1. The van der Waals surface area contributed by atoms with E-state index in [0.29, 0.717) is 12.1 Å². The van der Waals surface area contributed by atoms with Crippen LogP contribution in [0, 0.1) is 27.7 Å². The summed E-state index contributed by atoms with van der Waals surface area (Å²) in [5.41, 5.74) is -0.544. The van der Waals surface area contributed by atoms with Crippen molar-refractivity contribution < 1.29 is 13.7 Å². The van der Waals surface area contributed by atoms with Gasteiger partial charge in [0.15, 0.2) is 0 Å². The summed E-state index contributed by atoms with van der Waals surface area (Å²) in [4.78, 5) is 9.82. The second-order valence-electron chi connectivity index (χ2n) is 5.49. The molecule has 0 saturated heterocycles. The van der Waals surface area contributed by atoms with Crippen molar-refractivity contribution in [1.29, 1.82) is 0 Å². The third-order valence-electron chi connectivity index (χ3n) is 3.91. The molecule has 0 aromatic heterocycles. The molecule has 0 spiro atoms. The molecule has 0 bridgehead atoms. The molecule has 1 aliphatic carbocycles. The number of nitrogens with zero attached hydrogens (tertiary/aromatic N) is 1. The summed E-state index contributed by atoms with van der Waals surface area (Å²) in [6, 6.07) is 1.86. The number of nitro groups is 1. The number of nitrogens with one attached hydrogen (secondary N) is 1. The quantitative estimate of drug-likeness (QED) is 0.679. The number of rotatable bonds is 4. The molecule has 20 heavy (non-hydrogen) atoms. The third kappa shape index (κ3) is 3.50. The largest absolute Gasteiger partial charge is 0.310 e. The minimum atomic E-state index is -1.14.